The SMILES string of the molecule is COCC(NC(=O)N1CCCC(C(=O)OC)C1)C(=O)O. The Balaban J connectivity index is 2.57. The summed E-state index contributed by atoms with van der Waals surface area (Å²) in [4.78, 5) is 35.8. The number of ether oxygens (including phenoxy) is 2. The largest absolute Gasteiger partial charge is 0.480 e. The van der Waals surface area contributed by atoms with E-state index >= 15 is 0 Å². The van der Waals surface area contributed by atoms with E-state index in [1.165, 1.54) is 19.1 Å². The first-order chi connectivity index (χ1) is 9.49. The topological polar surface area (TPSA) is 105 Å². The van der Waals surface area contributed by atoms with Crippen molar-refractivity contribution in [2.75, 3.05) is 33.9 Å². The molecule has 114 valence electrons. The third-order valence-corrected chi connectivity index (χ3v) is 3.17. The number of rotatable bonds is 5. The van der Waals surface area contributed by atoms with Crippen LogP contribution in [0.25, 0.3) is 0 Å². The van der Waals surface area contributed by atoms with Gasteiger partial charge in [0.05, 0.1) is 19.6 Å². The molecule has 1 rings (SSSR count). The molecule has 20 heavy (non-hydrogen) atoms. The molecular weight excluding hydrogens is 268 g/mol. The number of methoxy groups -OCH3 is 2. The Bertz CT molecular complexity index is 373. The first kappa shape index (κ1) is 16.2. The number of esters is 1. The van der Waals surface area contributed by atoms with Gasteiger partial charge in [-0.25, -0.2) is 9.59 Å². The number of nitrogens with zero attached hydrogens (tertiary/aromatic N) is 1. The fraction of sp³-hybridized carbons (Fsp3) is 0.750. The highest BCUT2D eigenvalue weighted by atomic mass is 16.5. The van der Waals surface area contributed by atoms with E-state index in [1.54, 1.807) is 0 Å². The molecule has 0 aliphatic carbocycles. The lowest BCUT2D eigenvalue weighted by Crippen LogP contribution is -2.52. The van der Waals surface area contributed by atoms with Crippen molar-refractivity contribution in [3.8, 4) is 0 Å². The molecule has 0 spiro atoms. The van der Waals surface area contributed by atoms with Gasteiger partial charge in [-0.2, -0.15) is 0 Å². The zero-order valence-electron chi connectivity index (χ0n) is 11.6. The monoisotopic (exact) mass is 288 g/mol. The molecule has 2 atom stereocenters. The van der Waals surface area contributed by atoms with Crippen molar-refractivity contribution in [2.24, 2.45) is 5.92 Å². The predicted molar refractivity (Wildman–Crippen MR) is 68.1 cm³/mol. The second-order valence-corrected chi connectivity index (χ2v) is 4.60. The highest BCUT2D eigenvalue weighted by Crippen LogP contribution is 2.17. The smallest absolute Gasteiger partial charge is 0.328 e. The van der Waals surface area contributed by atoms with Crippen molar-refractivity contribution in [2.45, 2.75) is 18.9 Å². The Kier molecular flexibility index (Phi) is 6.23. The van der Waals surface area contributed by atoms with E-state index in [2.05, 4.69) is 10.1 Å². The van der Waals surface area contributed by atoms with Crippen molar-refractivity contribution in [1.29, 1.82) is 0 Å². The molecule has 2 unspecified atom stereocenters. The number of aliphatic carboxylic acids is 1. The number of carbonyl (C=O) groups is 3. The number of carbonyl (C=O) groups excluding carboxylic acids is 2. The lowest BCUT2D eigenvalue weighted by molar-refractivity contribution is -0.147. The molecule has 8 heteroatoms. The predicted octanol–water partition coefficient (Wildman–Crippen LogP) is -0.319. The average molecular weight is 288 g/mol. The van der Waals surface area contributed by atoms with Gasteiger partial charge >= 0.3 is 18.0 Å². The van der Waals surface area contributed by atoms with Gasteiger partial charge in [-0.15, -0.1) is 0 Å². The summed E-state index contributed by atoms with van der Waals surface area (Å²) in [5.41, 5.74) is 0. The molecule has 0 aromatic rings. The Morgan fingerprint density at radius 2 is 2.10 bits per heavy atom. The minimum absolute atomic E-state index is 0.116. The molecule has 2 N–H and O–H groups in total. The lowest BCUT2D eigenvalue weighted by Gasteiger charge is -2.32. The molecule has 1 saturated heterocycles. The van der Waals surface area contributed by atoms with Gasteiger partial charge in [0, 0.05) is 20.2 Å². The van der Waals surface area contributed by atoms with Crippen LogP contribution >= 0.6 is 0 Å². The third-order valence-electron chi connectivity index (χ3n) is 3.17. The minimum atomic E-state index is -1.17. The maximum Gasteiger partial charge on any atom is 0.328 e. The van der Waals surface area contributed by atoms with Crippen LogP contribution in [0.4, 0.5) is 4.79 Å². The number of likely N-dealkylation sites (tertiary alicyclic amines) is 1. The molecule has 1 aliphatic rings. The van der Waals surface area contributed by atoms with E-state index in [0.717, 1.165) is 0 Å². The highest BCUT2D eigenvalue weighted by molar-refractivity contribution is 5.83. The Hall–Kier alpha value is -1.83. The van der Waals surface area contributed by atoms with Crippen molar-refractivity contribution >= 4 is 18.0 Å². The van der Waals surface area contributed by atoms with Crippen LogP contribution in [0.2, 0.25) is 0 Å². The fourth-order valence-electron chi connectivity index (χ4n) is 2.10. The molecular formula is C12H20N2O6. The summed E-state index contributed by atoms with van der Waals surface area (Å²) < 4.78 is 9.41. The molecule has 0 radical (unpaired) electrons. The van der Waals surface area contributed by atoms with Crippen molar-refractivity contribution < 1.29 is 29.0 Å². The van der Waals surface area contributed by atoms with Crippen LogP contribution in [0.15, 0.2) is 0 Å². The molecule has 0 saturated carbocycles. The fourth-order valence-corrected chi connectivity index (χ4v) is 2.10. The molecule has 1 heterocycles. The van der Waals surface area contributed by atoms with Crippen LogP contribution in [0.3, 0.4) is 0 Å². The number of amides is 2. The summed E-state index contributed by atoms with van der Waals surface area (Å²) in [6, 6.07) is -1.62. The van der Waals surface area contributed by atoms with Gasteiger partial charge in [-0.1, -0.05) is 0 Å². The average Bonchev–Trinajstić information content (AvgIpc) is 2.45. The van der Waals surface area contributed by atoms with Gasteiger partial charge in [-0.05, 0) is 12.8 Å². The summed E-state index contributed by atoms with van der Waals surface area (Å²) in [5.74, 6) is -1.87. The first-order valence-corrected chi connectivity index (χ1v) is 6.34. The Labute approximate surface area is 117 Å². The summed E-state index contributed by atoms with van der Waals surface area (Å²) in [7, 11) is 2.66. The van der Waals surface area contributed by atoms with Gasteiger partial charge < -0.3 is 24.8 Å². The normalized spacial score (nSPS) is 20.1. The zero-order valence-corrected chi connectivity index (χ0v) is 11.6. The van der Waals surface area contributed by atoms with E-state index in [-0.39, 0.29) is 25.0 Å². The number of carboxylic acids is 1. The summed E-state index contributed by atoms with van der Waals surface area (Å²) >= 11 is 0. The molecule has 0 aromatic heterocycles. The number of nitrogens with one attached hydrogen (secondary N) is 1. The van der Waals surface area contributed by atoms with Gasteiger partial charge in [0.1, 0.15) is 0 Å². The second-order valence-electron chi connectivity index (χ2n) is 4.60. The van der Waals surface area contributed by atoms with Crippen molar-refractivity contribution in [1.82, 2.24) is 10.2 Å². The van der Waals surface area contributed by atoms with E-state index in [9.17, 15) is 14.4 Å². The molecule has 0 aromatic carbocycles. The van der Waals surface area contributed by atoms with Crippen LogP contribution in [-0.2, 0) is 19.1 Å². The van der Waals surface area contributed by atoms with Crippen LogP contribution in [-0.4, -0.2) is 67.9 Å². The summed E-state index contributed by atoms with van der Waals surface area (Å²) in [5, 5.41) is 11.3. The molecule has 1 fully saturated rings. The highest BCUT2D eigenvalue weighted by Gasteiger charge is 2.30. The second kappa shape index (κ2) is 7.68. The van der Waals surface area contributed by atoms with E-state index in [4.69, 9.17) is 9.84 Å². The van der Waals surface area contributed by atoms with Gasteiger partial charge in [0.2, 0.25) is 0 Å². The maximum absolute atomic E-state index is 12.0. The first-order valence-electron chi connectivity index (χ1n) is 6.34. The van der Waals surface area contributed by atoms with Crippen molar-refractivity contribution in [3.63, 3.8) is 0 Å². The Morgan fingerprint density at radius 1 is 1.40 bits per heavy atom. The van der Waals surface area contributed by atoms with Crippen molar-refractivity contribution in [3.05, 3.63) is 0 Å². The minimum Gasteiger partial charge on any atom is -0.480 e. The van der Waals surface area contributed by atoms with Crippen LogP contribution in [0.1, 0.15) is 12.8 Å². The number of hydrogen-bond acceptors (Lipinski definition) is 5. The third kappa shape index (κ3) is 4.37. The number of carboxylic acid groups (broad SMARTS) is 1. The van der Waals surface area contributed by atoms with Crippen LogP contribution < -0.4 is 5.32 Å². The molecule has 1 aliphatic heterocycles. The molecule has 0 bridgehead atoms. The van der Waals surface area contributed by atoms with Crippen LogP contribution in [0, 0.1) is 5.92 Å². The van der Waals surface area contributed by atoms with E-state index < -0.39 is 18.0 Å². The number of hydrogen-bond donors (Lipinski definition) is 2. The van der Waals surface area contributed by atoms with E-state index in [0.29, 0.717) is 19.4 Å². The van der Waals surface area contributed by atoms with Gasteiger partial charge in [0.25, 0.3) is 0 Å². The molecule has 8 nitrogen and oxygen atoms in total. The van der Waals surface area contributed by atoms with Crippen LogP contribution in [0.5, 0.6) is 0 Å². The lowest BCUT2D eigenvalue weighted by atomic mass is 9.98. The number of piperidine rings is 1. The maximum atomic E-state index is 12.0. The van der Waals surface area contributed by atoms with E-state index in [1.807, 2.05) is 0 Å². The van der Waals surface area contributed by atoms with Gasteiger partial charge in [0.15, 0.2) is 6.04 Å². The quantitative estimate of drug-likeness (QED) is 0.672. The van der Waals surface area contributed by atoms with Gasteiger partial charge in [-0.3, -0.25) is 4.79 Å². The Morgan fingerprint density at radius 3 is 2.65 bits per heavy atom. The number of urea groups is 1. The summed E-state index contributed by atoms with van der Waals surface area (Å²) in [6.07, 6.45) is 1.34. The molecule has 2 amide bonds. The zero-order chi connectivity index (χ0) is 15.1. The summed E-state index contributed by atoms with van der Waals surface area (Å²) in [6.45, 7) is 0.603. The standard InChI is InChI=1S/C12H20N2O6/c1-19-7-9(10(15)16)13-12(18)14-5-3-4-8(6-14)11(17)20-2/h8-9H,3-7H2,1-2H3,(H,13,18)(H,15,16).